The summed E-state index contributed by atoms with van der Waals surface area (Å²) < 4.78 is 16.4. The lowest BCUT2D eigenvalue weighted by Gasteiger charge is -2.22. The lowest BCUT2D eigenvalue weighted by molar-refractivity contribution is 0.391. The van der Waals surface area contributed by atoms with E-state index < -0.39 is 0 Å². The molecule has 1 heterocycles. The molecule has 0 aliphatic rings. The van der Waals surface area contributed by atoms with Gasteiger partial charge in [-0.3, -0.25) is 0 Å². The molecule has 6 nitrogen and oxygen atoms in total. The lowest BCUT2D eigenvalue weighted by atomic mass is 10.0. The van der Waals surface area contributed by atoms with Gasteiger partial charge < -0.3 is 19.1 Å². The van der Waals surface area contributed by atoms with Crippen LogP contribution in [0.3, 0.4) is 0 Å². The van der Waals surface area contributed by atoms with Crippen molar-refractivity contribution in [3.8, 4) is 28.4 Å². The van der Waals surface area contributed by atoms with Crippen LogP contribution >= 0.6 is 11.6 Å². The number of fused-ring (bicyclic) bond motifs is 1. The van der Waals surface area contributed by atoms with Crippen molar-refractivity contribution in [1.29, 1.82) is 0 Å². The molecule has 4 aromatic rings. The fraction of sp³-hybridized carbons (Fsp3) is 0.200. The van der Waals surface area contributed by atoms with Crippen LogP contribution in [0.5, 0.6) is 17.2 Å². The van der Waals surface area contributed by atoms with Crippen LogP contribution in [0, 0.1) is 0 Å². The fourth-order valence-electron chi connectivity index (χ4n) is 3.75. The molecule has 0 atom stereocenters. The summed E-state index contributed by atoms with van der Waals surface area (Å²) in [5, 5.41) is 10.2. The Bertz CT molecular complexity index is 1260. The lowest BCUT2D eigenvalue weighted by Crippen LogP contribution is -2.17. The van der Waals surface area contributed by atoms with E-state index in [1.807, 2.05) is 55.6 Å². The van der Waals surface area contributed by atoms with Crippen molar-refractivity contribution in [3.05, 3.63) is 71.4 Å². The maximum atomic E-state index is 6.22. The molecule has 164 valence electrons. The van der Waals surface area contributed by atoms with Crippen molar-refractivity contribution in [2.75, 3.05) is 33.3 Å². The maximum absolute atomic E-state index is 6.22. The molecule has 0 aliphatic carbocycles. The number of rotatable bonds is 7. The molecular formula is C25H24ClN3O3. The molecule has 0 aliphatic heterocycles. The second-order valence-electron chi connectivity index (χ2n) is 7.34. The number of benzene rings is 3. The van der Waals surface area contributed by atoms with Gasteiger partial charge in [0.1, 0.15) is 17.2 Å². The van der Waals surface area contributed by atoms with Gasteiger partial charge in [-0.2, -0.15) is 10.2 Å². The molecule has 7 heteroatoms. The number of hydrogen-bond acceptors (Lipinski definition) is 6. The Morgan fingerprint density at radius 2 is 1.69 bits per heavy atom. The number of methoxy groups -OCH3 is 3. The molecule has 1 aromatic heterocycles. The Balaban J connectivity index is 1.70. The molecule has 0 amide bonds. The molecule has 0 spiro atoms. The Labute approximate surface area is 192 Å². The molecule has 0 unspecified atom stereocenters. The Morgan fingerprint density at radius 1 is 0.875 bits per heavy atom. The number of halogens is 1. The summed E-state index contributed by atoms with van der Waals surface area (Å²) in [6.45, 7) is 0.637. The average Bonchev–Trinajstić information content (AvgIpc) is 2.83. The fourth-order valence-corrected chi connectivity index (χ4v) is 3.92. The van der Waals surface area contributed by atoms with Crippen molar-refractivity contribution in [2.24, 2.45) is 0 Å². The zero-order chi connectivity index (χ0) is 22.7. The second kappa shape index (κ2) is 9.32. The van der Waals surface area contributed by atoms with Crippen LogP contribution in [0.2, 0.25) is 5.02 Å². The predicted octanol–water partition coefficient (Wildman–Crippen LogP) is 5.61. The van der Waals surface area contributed by atoms with Gasteiger partial charge >= 0.3 is 0 Å². The van der Waals surface area contributed by atoms with E-state index in [1.165, 1.54) is 0 Å². The highest BCUT2D eigenvalue weighted by Gasteiger charge is 2.14. The highest BCUT2D eigenvalue weighted by atomic mass is 35.5. The van der Waals surface area contributed by atoms with Gasteiger partial charge in [-0.1, -0.05) is 17.7 Å². The molecule has 0 saturated heterocycles. The zero-order valence-corrected chi connectivity index (χ0v) is 19.2. The van der Waals surface area contributed by atoms with Gasteiger partial charge in [0.2, 0.25) is 0 Å². The number of ether oxygens (including phenoxy) is 3. The maximum Gasteiger partial charge on any atom is 0.127 e. The van der Waals surface area contributed by atoms with Crippen LogP contribution in [-0.4, -0.2) is 38.6 Å². The summed E-state index contributed by atoms with van der Waals surface area (Å²) in [7, 11) is 6.97. The highest BCUT2D eigenvalue weighted by Crippen LogP contribution is 2.35. The van der Waals surface area contributed by atoms with Crippen LogP contribution < -0.4 is 19.1 Å². The normalized spacial score (nSPS) is 10.8. The third-order valence-electron chi connectivity index (χ3n) is 5.40. The van der Waals surface area contributed by atoms with E-state index >= 15 is 0 Å². The number of nitrogens with zero attached hydrogens (tertiary/aromatic N) is 3. The third kappa shape index (κ3) is 4.27. The van der Waals surface area contributed by atoms with Crippen LogP contribution in [0.25, 0.3) is 22.0 Å². The predicted molar refractivity (Wildman–Crippen MR) is 128 cm³/mol. The third-order valence-corrected chi connectivity index (χ3v) is 5.64. The molecule has 0 radical (unpaired) electrons. The quantitative estimate of drug-likeness (QED) is 0.365. The molecule has 3 aromatic carbocycles. The summed E-state index contributed by atoms with van der Waals surface area (Å²) in [5.74, 6) is 2.28. The van der Waals surface area contributed by atoms with Gasteiger partial charge in [-0.05, 0) is 48.0 Å². The van der Waals surface area contributed by atoms with Gasteiger partial charge in [-0.25, -0.2) is 0 Å². The van der Waals surface area contributed by atoms with Crippen molar-refractivity contribution >= 4 is 28.2 Å². The Kier molecular flexibility index (Phi) is 6.32. The molecule has 4 rings (SSSR count). The first kappa shape index (κ1) is 21.7. The molecule has 0 N–H and O–H groups in total. The molecular weight excluding hydrogens is 426 g/mol. The van der Waals surface area contributed by atoms with Crippen molar-refractivity contribution in [2.45, 2.75) is 6.54 Å². The van der Waals surface area contributed by atoms with Gasteiger partial charge in [-0.15, -0.1) is 0 Å². The largest absolute Gasteiger partial charge is 0.497 e. The van der Waals surface area contributed by atoms with Crippen LogP contribution in [0.4, 0.5) is 5.69 Å². The minimum absolute atomic E-state index is 0.637. The van der Waals surface area contributed by atoms with Crippen molar-refractivity contribution < 1.29 is 14.2 Å². The minimum Gasteiger partial charge on any atom is -0.497 e. The van der Waals surface area contributed by atoms with Gasteiger partial charge in [0.05, 0.1) is 38.7 Å². The number of aromatic nitrogens is 2. The van der Waals surface area contributed by atoms with Gasteiger partial charge in [0.15, 0.2) is 0 Å². The minimum atomic E-state index is 0.637. The van der Waals surface area contributed by atoms with Crippen molar-refractivity contribution in [1.82, 2.24) is 10.2 Å². The molecule has 32 heavy (non-hydrogen) atoms. The summed E-state index contributed by atoms with van der Waals surface area (Å²) in [6, 6.07) is 17.5. The smallest absolute Gasteiger partial charge is 0.127 e. The van der Waals surface area contributed by atoms with Crippen molar-refractivity contribution in [3.63, 3.8) is 0 Å². The second-order valence-corrected chi connectivity index (χ2v) is 7.78. The van der Waals surface area contributed by atoms with Crippen LogP contribution in [-0.2, 0) is 6.54 Å². The van der Waals surface area contributed by atoms with E-state index in [4.69, 9.17) is 25.8 Å². The van der Waals surface area contributed by atoms with Gasteiger partial charge in [0, 0.05) is 41.2 Å². The van der Waals surface area contributed by atoms with Crippen LogP contribution in [0.1, 0.15) is 5.56 Å². The van der Waals surface area contributed by atoms with E-state index in [0.717, 1.165) is 50.5 Å². The van der Waals surface area contributed by atoms with E-state index in [1.54, 1.807) is 27.5 Å². The number of hydrogen-bond donors (Lipinski definition) is 0. The summed E-state index contributed by atoms with van der Waals surface area (Å²) in [6.07, 6.45) is 1.78. The zero-order valence-electron chi connectivity index (χ0n) is 18.4. The first-order valence-electron chi connectivity index (χ1n) is 10.1. The molecule has 0 saturated carbocycles. The molecule has 0 fully saturated rings. The first-order valence-corrected chi connectivity index (χ1v) is 10.4. The summed E-state index contributed by atoms with van der Waals surface area (Å²) in [4.78, 5) is 2.13. The highest BCUT2D eigenvalue weighted by molar-refractivity contribution is 6.31. The summed E-state index contributed by atoms with van der Waals surface area (Å²) >= 11 is 6.22. The first-order chi connectivity index (χ1) is 15.5. The standard InChI is InChI=1S/C25H24ClN3O3/c1-29(15-17-5-8-19(30-2)13-25(17)32-4)23-14-27-28-22-11-16(6-9-20(22)23)21-12-18(26)7-10-24(21)31-3/h5-14H,15H2,1-4H3. The average molecular weight is 450 g/mol. The van der Waals surface area contributed by atoms with E-state index in [9.17, 15) is 0 Å². The SMILES string of the molecule is COc1ccc(CN(C)c2cnnc3cc(-c4cc(Cl)ccc4OC)ccc23)c(OC)c1. The topological polar surface area (TPSA) is 56.7 Å². The number of anilines is 1. The van der Waals surface area contributed by atoms with E-state index in [-0.39, 0.29) is 0 Å². The molecule has 0 bridgehead atoms. The Morgan fingerprint density at radius 3 is 2.44 bits per heavy atom. The summed E-state index contributed by atoms with van der Waals surface area (Å²) in [5.41, 5.74) is 4.67. The van der Waals surface area contributed by atoms with E-state index in [0.29, 0.717) is 11.6 Å². The Hall–Kier alpha value is -3.51. The monoisotopic (exact) mass is 449 g/mol. The van der Waals surface area contributed by atoms with Gasteiger partial charge in [0.25, 0.3) is 0 Å². The van der Waals surface area contributed by atoms with E-state index in [2.05, 4.69) is 21.2 Å². The van der Waals surface area contributed by atoms with Crippen LogP contribution in [0.15, 0.2) is 60.8 Å².